The van der Waals surface area contributed by atoms with E-state index in [2.05, 4.69) is 0 Å². The molecule has 78 valence electrons. The molecule has 0 fully saturated rings. The fraction of sp³-hybridized carbons (Fsp3) is 0.182. The van der Waals surface area contributed by atoms with Gasteiger partial charge >= 0.3 is 0 Å². The molecule has 0 amide bonds. The summed E-state index contributed by atoms with van der Waals surface area (Å²) in [7, 11) is 1.64. The third-order valence-electron chi connectivity index (χ3n) is 2.40. The van der Waals surface area contributed by atoms with Crippen LogP contribution in [0.15, 0.2) is 29.2 Å². The van der Waals surface area contributed by atoms with Gasteiger partial charge in [0, 0.05) is 24.2 Å². The number of nitrogens with zero attached hydrogens (tertiary/aromatic N) is 1. The SMILES string of the molecule is Cn1cc(CO)c(=O)c2cccc(F)c21. The van der Waals surface area contributed by atoms with E-state index in [1.54, 1.807) is 13.1 Å². The van der Waals surface area contributed by atoms with Crippen LogP contribution in [-0.2, 0) is 13.7 Å². The Hall–Kier alpha value is -1.68. The van der Waals surface area contributed by atoms with Crippen LogP contribution in [-0.4, -0.2) is 9.67 Å². The maximum atomic E-state index is 13.4. The van der Waals surface area contributed by atoms with E-state index in [0.717, 1.165) is 0 Å². The van der Waals surface area contributed by atoms with Crippen molar-refractivity contribution in [3.8, 4) is 0 Å². The summed E-state index contributed by atoms with van der Waals surface area (Å²) < 4.78 is 15.0. The summed E-state index contributed by atoms with van der Waals surface area (Å²) in [4.78, 5) is 11.7. The Morgan fingerprint density at radius 3 is 2.87 bits per heavy atom. The highest BCUT2D eigenvalue weighted by Gasteiger charge is 2.09. The second-order valence-corrected chi connectivity index (χ2v) is 3.39. The zero-order valence-corrected chi connectivity index (χ0v) is 8.20. The Bertz CT molecular complexity index is 575. The van der Waals surface area contributed by atoms with Gasteiger partial charge in [-0.2, -0.15) is 0 Å². The van der Waals surface area contributed by atoms with Gasteiger partial charge in [0.2, 0.25) is 0 Å². The first-order valence-corrected chi connectivity index (χ1v) is 4.52. The molecular formula is C11H10FNO2. The van der Waals surface area contributed by atoms with Crippen LogP contribution in [0.4, 0.5) is 4.39 Å². The molecule has 1 aromatic carbocycles. The van der Waals surface area contributed by atoms with Crippen LogP contribution in [0.5, 0.6) is 0 Å². The Balaban J connectivity index is 3.00. The predicted octanol–water partition coefficient (Wildman–Crippen LogP) is 1.17. The first kappa shape index (κ1) is 9.86. The number of hydrogen-bond donors (Lipinski definition) is 1. The Morgan fingerprint density at radius 2 is 2.20 bits per heavy atom. The number of halogens is 1. The molecule has 0 bridgehead atoms. The number of pyridine rings is 1. The molecule has 0 spiro atoms. The van der Waals surface area contributed by atoms with E-state index in [9.17, 15) is 9.18 Å². The highest BCUT2D eigenvalue weighted by molar-refractivity contribution is 5.80. The highest BCUT2D eigenvalue weighted by Crippen LogP contribution is 2.14. The molecule has 0 atom stereocenters. The molecular weight excluding hydrogens is 197 g/mol. The number of hydrogen-bond acceptors (Lipinski definition) is 2. The monoisotopic (exact) mass is 207 g/mol. The van der Waals surface area contributed by atoms with Crippen molar-refractivity contribution in [2.45, 2.75) is 6.61 Å². The number of aryl methyl sites for hydroxylation is 1. The molecule has 1 aromatic heterocycles. The number of aliphatic hydroxyl groups is 1. The van der Waals surface area contributed by atoms with Crippen LogP contribution in [0.3, 0.4) is 0 Å². The van der Waals surface area contributed by atoms with Crippen molar-refractivity contribution in [3.63, 3.8) is 0 Å². The maximum absolute atomic E-state index is 13.4. The number of fused-ring (bicyclic) bond motifs is 1. The molecule has 0 aliphatic carbocycles. The summed E-state index contributed by atoms with van der Waals surface area (Å²) in [6.07, 6.45) is 1.45. The normalized spacial score (nSPS) is 10.9. The van der Waals surface area contributed by atoms with Gasteiger partial charge in [-0.3, -0.25) is 4.79 Å². The standard InChI is InChI=1S/C11H10FNO2/c1-13-5-7(6-14)11(15)8-3-2-4-9(12)10(8)13/h2-5,14H,6H2,1H3. The minimum Gasteiger partial charge on any atom is -0.391 e. The molecule has 1 heterocycles. The van der Waals surface area contributed by atoms with Crippen molar-refractivity contribution in [2.75, 3.05) is 0 Å². The lowest BCUT2D eigenvalue weighted by molar-refractivity contribution is 0.280. The topological polar surface area (TPSA) is 42.2 Å². The van der Waals surface area contributed by atoms with E-state index in [4.69, 9.17) is 5.11 Å². The van der Waals surface area contributed by atoms with E-state index >= 15 is 0 Å². The van der Waals surface area contributed by atoms with Crippen molar-refractivity contribution in [2.24, 2.45) is 7.05 Å². The van der Waals surface area contributed by atoms with Gasteiger partial charge in [-0.15, -0.1) is 0 Å². The van der Waals surface area contributed by atoms with Gasteiger partial charge in [-0.25, -0.2) is 4.39 Å². The molecule has 0 unspecified atom stereocenters. The summed E-state index contributed by atoms with van der Waals surface area (Å²) in [5.41, 5.74) is 0.223. The van der Waals surface area contributed by atoms with E-state index in [-0.39, 0.29) is 23.1 Å². The maximum Gasteiger partial charge on any atom is 0.194 e. The van der Waals surface area contributed by atoms with Gasteiger partial charge in [0.05, 0.1) is 12.1 Å². The number of rotatable bonds is 1. The van der Waals surface area contributed by atoms with Gasteiger partial charge < -0.3 is 9.67 Å². The zero-order chi connectivity index (χ0) is 11.0. The number of para-hydroxylation sites is 1. The average Bonchev–Trinajstić information content (AvgIpc) is 2.23. The molecule has 3 nitrogen and oxygen atoms in total. The Morgan fingerprint density at radius 1 is 1.47 bits per heavy atom. The lowest BCUT2D eigenvalue weighted by Gasteiger charge is -2.07. The molecule has 15 heavy (non-hydrogen) atoms. The van der Waals surface area contributed by atoms with Crippen LogP contribution >= 0.6 is 0 Å². The molecule has 1 N–H and O–H groups in total. The van der Waals surface area contributed by atoms with Gasteiger partial charge in [-0.1, -0.05) is 6.07 Å². The van der Waals surface area contributed by atoms with Crippen LogP contribution in [0.2, 0.25) is 0 Å². The van der Waals surface area contributed by atoms with Crippen LogP contribution in [0.1, 0.15) is 5.56 Å². The van der Waals surface area contributed by atoms with Crippen molar-refractivity contribution < 1.29 is 9.50 Å². The van der Waals surface area contributed by atoms with Gasteiger partial charge in [-0.05, 0) is 12.1 Å². The molecule has 0 saturated heterocycles. The van der Waals surface area contributed by atoms with Gasteiger partial charge in [0.1, 0.15) is 5.82 Å². The first-order valence-electron chi connectivity index (χ1n) is 4.52. The molecule has 2 rings (SSSR count). The summed E-state index contributed by atoms with van der Waals surface area (Å²) in [6.45, 7) is -0.334. The van der Waals surface area contributed by atoms with Crippen molar-refractivity contribution in [1.29, 1.82) is 0 Å². The van der Waals surface area contributed by atoms with E-state index in [0.29, 0.717) is 5.39 Å². The first-order chi connectivity index (χ1) is 7.15. The van der Waals surface area contributed by atoms with Gasteiger partial charge in [0.15, 0.2) is 5.43 Å². The van der Waals surface area contributed by atoms with E-state index < -0.39 is 5.82 Å². The second-order valence-electron chi connectivity index (χ2n) is 3.39. The van der Waals surface area contributed by atoms with Crippen LogP contribution in [0, 0.1) is 5.82 Å². The summed E-state index contributed by atoms with van der Waals surface area (Å²) >= 11 is 0. The lowest BCUT2D eigenvalue weighted by Crippen LogP contribution is -2.14. The molecule has 4 heteroatoms. The quantitative estimate of drug-likeness (QED) is 0.762. The van der Waals surface area contributed by atoms with Crippen molar-refractivity contribution in [1.82, 2.24) is 4.57 Å². The summed E-state index contributed by atoms with van der Waals surface area (Å²) in [5, 5.41) is 9.26. The van der Waals surface area contributed by atoms with Crippen molar-refractivity contribution in [3.05, 3.63) is 46.0 Å². The fourth-order valence-electron chi connectivity index (χ4n) is 1.70. The lowest BCUT2D eigenvalue weighted by atomic mass is 10.1. The number of aromatic nitrogens is 1. The van der Waals surface area contributed by atoms with Crippen LogP contribution in [0.25, 0.3) is 10.9 Å². The fourth-order valence-corrected chi connectivity index (χ4v) is 1.70. The molecule has 0 saturated carbocycles. The van der Waals surface area contributed by atoms with Crippen LogP contribution < -0.4 is 5.43 Å². The number of benzene rings is 1. The summed E-state index contributed by atoms with van der Waals surface area (Å²) in [6, 6.07) is 4.35. The highest BCUT2D eigenvalue weighted by atomic mass is 19.1. The van der Waals surface area contributed by atoms with E-state index in [1.165, 1.54) is 22.9 Å². The average molecular weight is 207 g/mol. The molecule has 0 radical (unpaired) electrons. The predicted molar refractivity (Wildman–Crippen MR) is 55.1 cm³/mol. The summed E-state index contributed by atoms with van der Waals surface area (Å²) in [5.74, 6) is -0.434. The van der Waals surface area contributed by atoms with Gasteiger partial charge in [0.25, 0.3) is 0 Å². The smallest absolute Gasteiger partial charge is 0.194 e. The Labute approximate surface area is 85.4 Å². The second kappa shape index (κ2) is 3.47. The molecule has 0 aliphatic heterocycles. The third-order valence-corrected chi connectivity index (χ3v) is 2.40. The third kappa shape index (κ3) is 1.43. The molecule has 0 aliphatic rings. The minimum atomic E-state index is -0.434. The van der Waals surface area contributed by atoms with E-state index in [1.807, 2.05) is 0 Å². The molecule has 2 aromatic rings. The van der Waals surface area contributed by atoms with Crippen molar-refractivity contribution >= 4 is 10.9 Å². The zero-order valence-electron chi connectivity index (χ0n) is 8.20. The Kier molecular flexibility index (Phi) is 2.28. The number of aliphatic hydroxyl groups excluding tert-OH is 1. The largest absolute Gasteiger partial charge is 0.391 e. The minimum absolute atomic E-state index is 0.264.